The molecule has 0 aliphatic carbocycles. The molecule has 1 amide bonds. The number of ether oxygens (including phenoxy) is 1. The maximum absolute atomic E-state index is 12.0. The standard InChI is InChI=1S/C16H18ClN3O2S2/c17-12-1-3-14(4-2-12)23-11-15(21)19-16-18-13(10-24-16)9-20-5-7-22-8-6-20/h1-4,10H,5-9,11H2,(H,18,19,21). The second-order valence-corrected chi connectivity index (χ2v) is 7.67. The molecule has 0 unspecified atom stereocenters. The van der Waals surface area contributed by atoms with Crippen molar-refractivity contribution in [2.75, 3.05) is 37.4 Å². The summed E-state index contributed by atoms with van der Waals surface area (Å²) in [5.41, 5.74) is 0.988. The van der Waals surface area contributed by atoms with Gasteiger partial charge in [-0.2, -0.15) is 0 Å². The number of benzene rings is 1. The van der Waals surface area contributed by atoms with Gasteiger partial charge < -0.3 is 10.1 Å². The van der Waals surface area contributed by atoms with Crippen molar-refractivity contribution in [1.82, 2.24) is 9.88 Å². The largest absolute Gasteiger partial charge is 0.379 e. The number of morpholine rings is 1. The molecule has 1 aliphatic heterocycles. The van der Waals surface area contributed by atoms with Crippen LogP contribution in [-0.4, -0.2) is 47.8 Å². The Morgan fingerprint density at radius 1 is 1.33 bits per heavy atom. The molecule has 0 bridgehead atoms. The van der Waals surface area contributed by atoms with Crippen molar-refractivity contribution >= 4 is 45.7 Å². The number of carbonyl (C=O) groups is 1. The number of halogens is 1. The summed E-state index contributed by atoms with van der Waals surface area (Å²) in [6, 6.07) is 7.45. The summed E-state index contributed by atoms with van der Waals surface area (Å²) in [5.74, 6) is 0.294. The first-order chi connectivity index (χ1) is 11.7. The summed E-state index contributed by atoms with van der Waals surface area (Å²) in [5, 5.41) is 6.20. The molecule has 5 nitrogen and oxygen atoms in total. The fourth-order valence-corrected chi connectivity index (χ4v) is 3.80. The number of anilines is 1. The third-order valence-electron chi connectivity index (χ3n) is 3.47. The summed E-state index contributed by atoms with van der Waals surface area (Å²) in [6.07, 6.45) is 0. The van der Waals surface area contributed by atoms with Gasteiger partial charge in [0.15, 0.2) is 5.13 Å². The number of thiazole rings is 1. The average Bonchev–Trinajstić information content (AvgIpc) is 3.02. The molecule has 1 aromatic heterocycles. The number of nitrogens with zero attached hydrogens (tertiary/aromatic N) is 2. The monoisotopic (exact) mass is 383 g/mol. The number of carbonyl (C=O) groups excluding carboxylic acids is 1. The Bertz CT molecular complexity index is 672. The van der Waals surface area contributed by atoms with Crippen LogP contribution >= 0.6 is 34.7 Å². The lowest BCUT2D eigenvalue weighted by molar-refractivity contribution is -0.113. The summed E-state index contributed by atoms with van der Waals surface area (Å²) in [7, 11) is 0. The first-order valence-corrected chi connectivity index (χ1v) is 9.86. The lowest BCUT2D eigenvalue weighted by Gasteiger charge is -2.25. The number of amides is 1. The maximum Gasteiger partial charge on any atom is 0.236 e. The highest BCUT2D eigenvalue weighted by molar-refractivity contribution is 8.00. The highest BCUT2D eigenvalue weighted by atomic mass is 35.5. The van der Waals surface area contributed by atoms with Gasteiger partial charge in [-0.3, -0.25) is 9.69 Å². The van der Waals surface area contributed by atoms with Crippen LogP contribution in [0.5, 0.6) is 0 Å². The third kappa shape index (κ3) is 5.46. The first-order valence-electron chi connectivity index (χ1n) is 7.62. The number of aromatic nitrogens is 1. The number of hydrogen-bond donors (Lipinski definition) is 1. The van der Waals surface area contributed by atoms with Crippen molar-refractivity contribution < 1.29 is 9.53 Å². The minimum Gasteiger partial charge on any atom is -0.379 e. The molecule has 1 aromatic carbocycles. The molecule has 24 heavy (non-hydrogen) atoms. The van der Waals surface area contributed by atoms with Gasteiger partial charge in [0, 0.05) is 34.9 Å². The fraction of sp³-hybridized carbons (Fsp3) is 0.375. The normalized spacial score (nSPS) is 15.4. The molecule has 1 N–H and O–H groups in total. The van der Waals surface area contributed by atoms with E-state index in [9.17, 15) is 4.79 Å². The van der Waals surface area contributed by atoms with Gasteiger partial charge in [0.1, 0.15) is 0 Å². The van der Waals surface area contributed by atoms with E-state index < -0.39 is 0 Å². The lowest BCUT2D eigenvalue weighted by atomic mass is 10.4. The van der Waals surface area contributed by atoms with Crippen molar-refractivity contribution in [2.24, 2.45) is 0 Å². The zero-order valence-corrected chi connectivity index (χ0v) is 15.4. The Morgan fingerprint density at radius 3 is 2.83 bits per heavy atom. The number of thioether (sulfide) groups is 1. The smallest absolute Gasteiger partial charge is 0.236 e. The average molecular weight is 384 g/mol. The predicted octanol–water partition coefficient (Wildman–Crippen LogP) is 3.36. The number of hydrogen-bond acceptors (Lipinski definition) is 6. The zero-order chi connectivity index (χ0) is 16.8. The summed E-state index contributed by atoms with van der Waals surface area (Å²) in [4.78, 5) is 19.8. The van der Waals surface area contributed by atoms with Gasteiger partial charge in [-0.1, -0.05) is 11.6 Å². The Labute approximate surface area is 154 Å². The molecule has 2 heterocycles. The van der Waals surface area contributed by atoms with Gasteiger partial charge in [0.2, 0.25) is 5.91 Å². The summed E-state index contributed by atoms with van der Waals surface area (Å²) < 4.78 is 5.34. The lowest BCUT2D eigenvalue weighted by Crippen LogP contribution is -2.35. The van der Waals surface area contributed by atoms with Crippen LogP contribution in [0.3, 0.4) is 0 Å². The van der Waals surface area contributed by atoms with Gasteiger partial charge in [0.25, 0.3) is 0 Å². The van der Waals surface area contributed by atoms with Crippen LogP contribution in [0, 0.1) is 0 Å². The van der Waals surface area contributed by atoms with E-state index >= 15 is 0 Å². The van der Waals surface area contributed by atoms with Crippen molar-refractivity contribution in [3.63, 3.8) is 0 Å². The molecule has 0 spiro atoms. The van der Waals surface area contributed by atoms with E-state index in [1.54, 1.807) is 0 Å². The molecular formula is C16H18ClN3O2S2. The van der Waals surface area contributed by atoms with E-state index in [1.165, 1.54) is 23.1 Å². The third-order valence-corrected chi connectivity index (χ3v) is 5.54. The van der Waals surface area contributed by atoms with Crippen molar-refractivity contribution in [3.8, 4) is 0 Å². The fourth-order valence-electron chi connectivity index (χ4n) is 2.26. The zero-order valence-electron chi connectivity index (χ0n) is 13.0. The SMILES string of the molecule is O=C(CSc1ccc(Cl)cc1)Nc1nc(CN2CCOCC2)cs1. The second kappa shape index (κ2) is 8.82. The van der Waals surface area contributed by atoms with Crippen LogP contribution in [0.15, 0.2) is 34.5 Å². The van der Waals surface area contributed by atoms with Gasteiger partial charge in [-0.15, -0.1) is 23.1 Å². The van der Waals surface area contributed by atoms with E-state index in [2.05, 4.69) is 15.2 Å². The minimum atomic E-state index is -0.0535. The van der Waals surface area contributed by atoms with Crippen LogP contribution < -0.4 is 5.32 Å². The molecule has 0 saturated carbocycles. The molecule has 128 valence electrons. The van der Waals surface area contributed by atoms with E-state index in [-0.39, 0.29) is 5.91 Å². The molecule has 8 heteroatoms. The minimum absolute atomic E-state index is 0.0535. The molecule has 0 atom stereocenters. The molecule has 1 fully saturated rings. The van der Waals surface area contributed by atoms with E-state index in [0.29, 0.717) is 15.9 Å². The van der Waals surface area contributed by atoms with Crippen LogP contribution in [0.1, 0.15) is 5.69 Å². The van der Waals surface area contributed by atoms with Crippen LogP contribution in [-0.2, 0) is 16.1 Å². The molecule has 0 radical (unpaired) electrons. The predicted molar refractivity (Wildman–Crippen MR) is 99.0 cm³/mol. The summed E-state index contributed by atoms with van der Waals surface area (Å²) >= 11 is 8.79. The molecule has 1 saturated heterocycles. The van der Waals surface area contributed by atoms with Crippen LogP contribution in [0.2, 0.25) is 5.02 Å². The quantitative estimate of drug-likeness (QED) is 0.775. The first kappa shape index (κ1) is 17.7. The Morgan fingerprint density at radius 2 is 2.08 bits per heavy atom. The number of rotatable bonds is 6. The summed E-state index contributed by atoms with van der Waals surface area (Å²) in [6.45, 7) is 4.20. The molecular weight excluding hydrogens is 366 g/mol. The topological polar surface area (TPSA) is 54.5 Å². The van der Waals surface area contributed by atoms with E-state index in [4.69, 9.17) is 16.3 Å². The van der Waals surface area contributed by atoms with Gasteiger partial charge >= 0.3 is 0 Å². The van der Waals surface area contributed by atoms with Crippen molar-refractivity contribution in [3.05, 3.63) is 40.4 Å². The van der Waals surface area contributed by atoms with Crippen molar-refractivity contribution in [2.45, 2.75) is 11.4 Å². The van der Waals surface area contributed by atoms with Crippen LogP contribution in [0.4, 0.5) is 5.13 Å². The van der Waals surface area contributed by atoms with Crippen molar-refractivity contribution in [1.29, 1.82) is 0 Å². The van der Waals surface area contributed by atoms with Crippen LogP contribution in [0.25, 0.3) is 0 Å². The highest BCUT2D eigenvalue weighted by Gasteiger charge is 2.13. The Kier molecular flexibility index (Phi) is 6.51. The second-order valence-electron chi connectivity index (χ2n) is 5.32. The van der Waals surface area contributed by atoms with E-state index in [1.807, 2.05) is 29.6 Å². The number of nitrogens with one attached hydrogen (secondary N) is 1. The van der Waals surface area contributed by atoms with Gasteiger partial charge in [-0.05, 0) is 24.3 Å². The molecule has 3 rings (SSSR count). The molecule has 2 aromatic rings. The molecule has 1 aliphatic rings. The maximum atomic E-state index is 12.0. The Balaban J connectivity index is 1.45. The van der Waals surface area contributed by atoms with E-state index in [0.717, 1.165) is 43.4 Å². The van der Waals surface area contributed by atoms with Gasteiger partial charge in [0.05, 0.1) is 24.7 Å². The van der Waals surface area contributed by atoms with Gasteiger partial charge in [-0.25, -0.2) is 4.98 Å². The Hall–Kier alpha value is -1.12. The highest BCUT2D eigenvalue weighted by Crippen LogP contribution is 2.21.